The summed E-state index contributed by atoms with van der Waals surface area (Å²) in [6.45, 7) is 0. The van der Waals surface area contributed by atoms with Gasteiger partial charge in [0.1, 0.15) is 11.2 Å². The van der Waals surface area contributed by atoms with E-state index in [1.807, 2.05) is 12.1 Å². The van der Waals surface area contributed by atoms with Gasteiger partial charge in [-0.3, -0.25) is 0 Å². The summed E-state index contributed by atoms with van der Waals surface area (Å²) < 4.78 is 6.21. The average molecular weight is 790 g/mol. The summed E-state index contributed by atoms with van der Waals surface area (Å²) in [5, 5.41) is 9.72. The maximum atomic E-state index is 6.21. The zero-order valence-corrected chi connectivity index (χ0v) is 33.9. The lowest BCUT2D eigenvalue weighted by Crippen LogP contribution is -2.10. The SMILES string of the molecule is c1ccc(-c2c(-c3cccc(N(c4ccc(-c5cccc6ccccc56)cc4)c4cccc(-c5ccc6oc7ccccc7c6c5)c4)c3)c3ccccc3c3ccccc23)cc1. The molecule has 2 nitrogen and oxygen atoms in total. The van der Waals surface area contributed by atoms with Gasteiger partial charge in [0.05, 0.1) is 0 Å². The van der Waals surface area contributed by atoms with E-state index in [9.17, 15) is 0 Å². The Morgan fingerprint density at radius 3 is 1.50 bits per heavy atom. The fraction of sp³-hybridized carbons (Fsp3) is 0. The number of furan rings is 1. The molecular formula is C60H39NO. The van der Waals surface area contributed by atoms with Gasteiger partial charge in [0.25, 0.3) is 0 Å². The third kappa shape index (κ3) is 6.04. The van der Waals surface area contributed by atoms with Crippen LogP contribution in [0.15, 0.2) is 241 Å². The lowest BCUT2D eigenvalue weighted by atomic mass is 9.85. The zero-order valence-electron chi connectivity index (χ0n) is 33.9. The van der Waals surface area contributed by atoms with Gasteiger partial charge in [-0.25, -0.2) is 0 Å². The summed E-state index contributed by atoms with van der Waals surface area (Å²) in [7, 11) is 0. The van der Waals surface area contributed by atoms with Gasteiger partial charge in [0, 0.05) is 27.8 Å². The summed E-state index contributed by atoms with van der Waals surface area (Å²) in [6, 6.07) is 85.6. The molecule has 290 valence electrons. The molecule has 0 aliphatic rings. The fourth-order valence-corrected chi connectivity index (χ4v) is 9.59. The second kappa shape index (κ2) is 14.8. The van der Waals surface area contributed by atoms with Gasteiger partial charge >= 0.3 is 0 Å². The number of anilines is 3. The number of benzene rings is 11. The van der Waals surface area contributed by atoms with Crippen molar-refractivity contribution in [2.45, 2.75) is 0 Å². The van der Waals surface area contributed by atoms with Crippen LogP contribution in [0.5, 0.6) is 0 Å². The average Bonchev–Trinajstić information content (AvgIpc) is 3.72. The number of rotatable bonds is 7. The van der Waals surface area contributed by atoms with Crippen LogP contribution < -0.4 is 4.90 Å². The normalized spacial score (nSPS) is 11.5. The summed E-state index contributed by atoms with van der Waals surface area (Å²) in [5.41, 5.74) is 14.5. The van der Waals surface area contributed by atoms with Crippen LogP contribution in [0.25, 0.3) is 98.8 Å². The van der Waals surface area contributed by atoms with Crippen LogP contribution in [0.1, 0.15) is 0 Å². The third-order valence-corrected chi connectivity index (χ3v) is 12.4. The molecule has 0 bridgehead atoms. The Kier molecular flexibility index (Phi) is 8.53. The molecule has 11 aromatic carbocycles. The Balaban J connectivity index is 1.05. The Morgan fingerprint density at radius 2 is 0.758 bits per heavy atom. The first-order chi connectivity index (χ1) is 30.7. The van der Waals surface area contributed by atoms with E-state index in [1.54, 1.807) is 0 Å². The molecule has 12 rings (SSSR count). The van der Waals surface area contributed by atoms with Gasteiger partial charge in [-0.05, 0) is 131 Å². The van der Waals surface area contributed by atoms with Crippen molar-refractivity contribution in [3.05, 3.63) is 237 Å². The van der Waals surface area contributed by atoms with Crippen molar-refractivity contribution >= 4 is 71.3 Å². The van der Waals surface area contributed by atoms with Gasteiger partial charge in [-0.2, -0.15) is 0 Å². The van der Waals surface area contributed by atoms with E-state index in [-0.39, 0.29) is 0 Å². The number of hydrogen-bond acceptors (Lipinski definition) is 2. The summed E-state index contributed by atoms with van der Waals surface area (Å²) in [4.78, 5) is 2.40. The third-order valence-electron chi connectivity index (χ3n) is 12.4. The van der Waals surface area contributed by atoms with Crippen LogP contribution in [-0.2, 0) is 0 Å². The predicted octanol–water partition coefficient (Wildman–Crippen LogP) is 17.2. The van der Waals surface area contributed by atoms with E-state index in [4.69, 9.17) is 4.42 Å². The summed E-state index contributed by atoms with van der Waals surface area (Å²) in [5.74, 6) is 0. The van der Waals surface area contributed by atoms with Crippen molar-refractivity contribution in [2.75, 3.05) is 4.90 Å². The molecule has 0 atom stereocenters. The Bertz CT molecular complexity index is 3630. The smallest absolute Gasteiger partial charge is 0.135 e. The second-order valence-electron chi connectivity index (χ2n) is 16.0. The molecule has 0 spiro atoms. The van der Waals surface area contributed by atoms with Crippen molar-refractivity contribution in [3.63, 3.8) is 0 Å². The standard InChI is InChI=1S/C60H39NO/c1-2-16-42(17-3-1)59-54-27-8-6-24-51(54)52-25-7-9-28-55(52)60(59)45-20-13-22-48(38-45)61(46-34-31-41(32-35-46)50-29-14-18-40-15-4-5-23-49(40)50)47-21-12-19-43(37-47)44-33-36-58-56(39-44)53-26-10-11-30-57(53)62-58/h1-39H. The Labute approximate surface area is 360 Å². The maximum absolute atomic E-state index is 6.21. The molecule has 0 aliphatic carbocycles. The molecule has 0 saturated heterocycles. The minimum absolute atomic E-state index is 0.895. The molecule has 0 amide bonds. The molecule has 12 aromatic rings. The van der Waals surface area contributed by atoms with Crippen molar-refractivity contribution in [3.8, 4) is 44.5 Å². The first kappa shape index (κ1) is 35.7. The van der Waals surface area contributed by atoms with Crippen molar-refractivity contribution < 1.29 is 4.42 Å². The quantitative estimate of drug-likeness (QED) is 0.150. The minimum atomic E-state index is 0.895. The topological polar surface area (TPSA) is 16.4 Å². The summed E-state index contributed by atoms with van der Waals surface area (Å²) >= 11 is 0. The van der Waals surface area contributed by atoms with Crippen LogP contribution in [-0.4, -0.2) is 0 Å². The monoisotopic (exact) mass is 789 g/mol. The highest BCUT2D eigenvalue weighted by Crippen LogP contribution is 2.47. The van der Waals surface area contributed by atoms with Gasteiger partial charge in [-0.15, -0.1) is 0 Å². The zero-order chi connectivity index (χ0) is 41.0. The first-order valence-corrected chi connectivity index (χ1v) is 21.2. The van der Waals surface area contributed by atoms with E-state index in [0.29, 0.717) is 0 Å². The second-order valence-corrected chi connectivity index (χ2v) is 16.0. The van der Waals surface area contributed by atoms with Gasteiger partial charge in [0.15, 0.2) is 0 Å². The van der Waals surface area contributed by atoms with Crippen LogP contribution >= 0.6 is 0 Å². The maximum Gasteiger partial charge on any atom is 0.135 e. The molecule has 2 heteroatoms. The van der Waals surface area contributed by atoms with E-state index in [1.165, 1.54) is 60.1 Å². The van der Waals surface area contributed by atoms with Crippen molar-refractivity contribution in [1.82, 2.24) is 0 Å². The molecule has 62 heavy (non-hydrogen) atoms. The van der Waals surface area contributed by atoms with Crippen LogP contribution in [0.4, 0.5) is 17.1 Å². The lowest BCUT2D eigenvalue weighted by Gasteiger charge is -2.27. The lowest BCUT2D eigenvalue weighted by molar-refractivity contribution is 0.669. The minimum Gasteiger partial charge on any atom is -0.456 e. The highest BCUT2D eigenvalue weighted by molar-refractivity contribution is 6.21. The van der Waals surface area contributed by atoms with Gasteiger partial charge < -0.3 is 9.32 Å². The van der Waals surface area contributed by atoms with Gasteiger partial charge in [-0.1, -0.05) is 182 Å². The Hall–Kier alpha value is -8.20. The number of para-hydroxylation sites is 1. The van der Waals surface area contributed by atoms with E-state index < -0.39 is 0 Å². The van der Waals surface area contributed by atoms with Crippen molar-refractivity contribution in [1.29, 1.82) is 0 Å². The molecule has 0 aliphatic heterocycles. The van der Waals surface area contributed by atoms with Crippen LogP contribution in [0.3, 0.4) is 0 Å². The number of nitrogens with zero attached hydrogens (tertiary/aromatic N) is 1. The number of fused-ring (bicyclic) bond motifs is 7. The molecule has 0 unspecified atom stereocenters. The molecular weight excluding hydrogens is 751 g/mol. The van der Waals surface area contributed by atoms with E-state index in [2.05, 4.69) is 229 Å². The molecule has 0 fully saturated rings. The predicted molar refractivity (Wildman–Crippen MR) is 263 cm³/mol. The number of hydrogen-bond donors (Lipinski definition) is 0. The van der Waals surface area contributed by atoms with Crippen LogP contribution in [0.2, 0.25) is 0 Å². The highest BCUT2D eigenvalue weighted by atomic mass is 16.3. The first-order valence-electron chi connectivity index (χ1n) is 21.2. The Morgan fingerprint density at radius 1 is 0.258 bits per heavy atom. The van der Waals surface area contributed by atoms with Crippen LogP contribution in [0, 0.1) is 0 Å². The summed E-state index contributed by atoms with van der Waals surface area (Å²) in [6.07, 6.45) is 0. The highest BCUT2D eigenvalue weighted by Gasteiger charge is 2.20. The largest absolute Gasteiger partial charge is 0.456 e. The molecule has 1 heterocycles. The van der Waals surface area contributed by atoms with Crippen molar-refractivity contribution in [2.24, 2.45) is 0 Å². The molecule has 0 saturated carbocycles. The molecule has 0 radical (unpaired) electrons. The van der Waals surface area contributed by atoms with E-state index in [0.717, 1.165) is 55.7 Å². The fourth-order valence-electron chi connectivity index (χ4n) is 9.59. The molecule has 1 aromatic heterocycles. The molecule has 0 N–H and O–H groups in total. The van der Waals surface area contributed by atoms with E-state index >= 15 is 0 Å². The van der Waals surface area contributed by atoms with Gasteiger partial charge in [0.2, 0.25) is 0 Å².